The van der Waals surface area contributed by atoms with Crippen molar-refractivity contribution in [1.29, 1.82) is 0 Å². The van der Waals surface area contributed by atoms with Crippen LogP contribution in [0.25, 0.3) is 109 Å². The molecule has 282 valence electrons. The molecular formula is C58H44O. The van der Waals surface area contributed by atoms with Crippen LogP contribution in [0.4, 0.5) is 0 Å². The van der Waals surface area contributed by atoms with Gasteiger partial charge in [-0.25, -0.2) is 0 Å². The van der Waals surface area contributed by atoms with E-state index in [9.17, 15) is 5.48 Å². The van der Waals surface area contributed by atoms with Crippen molar-refractivity contribution in [3.05, 3.63) is 181 Å². The molecule has 10 aromatic carbocycles. The molecule has 0 aliphatic heterocycles. The molecule has 0 N–H and O–H groups in total. The molecule has 1 nitrogen and oxygen atoms in total. The quantitative estimate of drug-likeness (QED) is 0.129. The standard InChI is InChI=1S/C58H44O/c1-57(2)28-29-58(3,4)52-33-38(22-26-51(52)57)37-20-24-41-39(30-37)21-25-43-42(41)18-11-19-44(43)56-47-16-9-7-14-45(47)55(46-15-8-10-17-48(46)56)40-23-27-53-49(32-40)50-31-35-12-5-6-13-36(35)34-54(50)59-53/h5-27,30-34H,28-29H2,1-4H3/i7D,8D,9D,10D,14D,15D,16D,17D. The molecule has 0 radical (unpaired) electrons. The number of benzene rings is 10. The van der Waals surface area contributed by atoms with Crippen molar-refractivity contribution < 1.29 is 15.4 Å². The maximum Gasteiger partial charge on any atom is 0.136 e. The summed E-state index contributed by atoms with van der Waals surface area (Å²) < 4.78 is 80.8. The summed E-state index contributed by atoms with van der Waals surface area (Å²) in [7, 11) is 0. The highest BCUT2D eigenvalue weighted by Crippen LogP contribution is 2.49. The van der Waals surface area contributed by atoms with Crippen molar-refractivity contribution in [2.24, 2.45) is 0 Å². The zero-order valence-electron chi connectivity index (χ0n) is 41.4. The van der Waals surface area contributed by atoms with Crippen molar-refractivity contribution in [2.75, 3.05) is 0 Å². The van der Waals surface area contributed by atoms with Crippen LogP contribution in [0, 0.1) is 0 Å². The van der Waals surface area contributed by atoms with Crippen LogP contribution in [0.3, 0.4) is 0 Å². The van der Waals surface area contributed by atoms with E-state index in [2.05, 4.69) is 76.2 Å². The number of rotatable bonds is 3. The van der Waals surface area contributed by atoms with Gasteiger partial charge in [0.25, 0.3) is 0 Å². The molecule has 1 aliphatic carbocycles. The summed E-state index contributed by atoms with van der Waals surface area (Å²) in [4.78, 5) is 0. The van der Waals surface area contributed by atoms with Gasteiger partial charge in [0, 0.05) is 10.8 Å². The molecule has 0 unspecified atom stereocenters. The van der Waals surface area contributed by atoms with Gasteiger partial charge in [0.05, 0.1) is 11.0 Å². The van der Waals surface area contributed by atoms with Crippen molar-refractivity contribution in [3.8, 4) is 33.4 Å². The lowest BCUT2D eigenvalue weighted by Gasteiger charge is -2.42. The summed E-state index contributed by atoms with van der Waals surface area (Å²) in [6.45, 7) is 9.36. The molecule has 0 fully saturated rings. The number of hydrogen-bond donors (Lipinski definition) is 0. The van der Waals surface area contributed by atoms with E-state index in [1.165, 1.54) is 11.1 Å². The van der Waals surface area contributed by atoms with Gasteiger partial charge in [-0.3, -0.25) is 0 Å². The predicted molar refractivity (Wildman–Crippen MR) is 253 cm³/mol. The predicted octanol–water partition coefficient (Wildman–Crippen LogP) is 16.7. The lowest BCUT2D eigenvalue weighted by atomic mass is 9.63. The molecule has 0 spiro atoms. The smallest absolute Gasteiger partial charge is 0.136 e. The minimum Gasteiger partial charge on any atom is -0.456 e. The van der Waals surface area contributed by atoms with Crippen molar-refractivity contribution in [1.82, 2.24) is 0 Å². The van der Waals surface area contributed by atoms with Gasteiger partial charge in [0.2, 0.25) is 0 Å². The summed E-state index contributed by atoms with van der Waals surface area (Å²) in [5, 5.41) is 8.12. The number of hydrogen-bond acceptors (Lipinski definition) is 1. The van der Waals surface area contributed by atoms with Crippen molar-refractivity contribution in [2.45, 2.75) is 51.4 Å². The molecule has 0 atom stereocenters. The maximum absolute atomic E-state index is 9.61. The van der Waals surface area contributed by atoms with Gasteiger partial charge in [-0.15, -0.1) is 0 Å². The molecule has 1 aromatic heterocycles. The monoisotopic (exact) mass is 764 g/mol. The van der Waals surface area contributed by atoms with E-state index in [1.807, 2.05) is 72.8 Å². The summed E-state index contributed by atoms with van der Waals surface area (Å²) >= 11 is 0. The van der Waals surface area contributed by atoms with Gasteiger partial charge >= 0.3 is 0 Å². The fourth-order valence-electron chi connectivity index (χ4n) is 10.1. The molecule has 1 heteroatoms. The summed E-state index contributed by atoms with van der Waals surface area (Å²) in [6, 6.07) is 38.1. The van der Waals surface area contributed by atoms with Crippen LogP contribution in [0.2, 0.25) is 0 Å². The highest BCUT2D eigenvalue weighted by molar-refractivity contribution is 6.25. The zero-order valence-corrected chi connectivity index (χ0v) is 33.4. The lowest BCUT2D eigenvalue weighted by Crippen LogP contribution is -2.33. The van der Waals surface area contributed by atoms with Gasteiger partial charge in [-0.05, 0) is 152 Å². The van der Waals surface area contributed by atoms with Crippen LogP contribution in [0.1, 0.15) is 62.6 Å². The number of furan rings is 1. The molecular weight excluding hydrogens is 713 g/mol. The normalized spacial score (nSPS) is 16.8. The molecule has 12 rings (SSSR count). The first-order valence-electron chi connectivity index (χ1n) is 24.5. The average Bonchev–Trinajstić information content (AvgIpc) is 3.69. The molecule has 59 heavy (non-hydrogen) atoms. The zero-order chi connectivity index (χ0) is 46.6. The molecule has 0 saturated heterocycles. The topological polar surface area (TPSA) is 13.1 Å². The fourth-order valence-corrected chi connectivity index (χ4v) is 10.1. The fraction of sp³-hybridized carbons (Fsp3) is 0.138. The third-order valence-electron chi connectivity index (χ3n) is 13.3. The first-order chi connectivity index (χ1) is 32.0. The third-order valence-corrected chi connectivity index (χ3v) is 13.3. The second kappa shape index (κ2) is 12.4. The van der Waals surface area contributed by atoms with Crippen LogP contribution in [-0.2, 0) is 10.8 Å². The first-order valence-corrected chi connectivity index (χ1v) is 20.5. The van der Waals surface area contributed by atoms with Gasteiger partial charge in [-0.1, -0.05) is 167 Å². The van der Waals surface area contributed by atoms with E-state index in [4.69, 9.17) is 9.90 Å². The van der Waals surface area contributed by atoms with Crippen LogP contribution >= 0.6 is 0 Å². The Labute approximate surface area is 355 Å². The summed E-state index contributed by atoms with van der Waals surface area (Å²) in [5.74, 6) is 0. The second-order valence-corrected chi connectivity index (χ2v) is 17.7. The van der Waals surface area contributed by atoms with E-state index in [1.54, 1.807) is 0 Å². The van der Waals surface area contributed by atoms with Crippen LogP contribution in [0.5, 0.6) is 0 Å². The van der Waals surface area contributed by atoms with Gasteiger partial charge < -0.3 is 4.42 Å². The molecule has 0 bridgehead atoms. The minimum absolute atomic E-state index is 0.0695. The third kappa shape index (κ3) is 5.17. The number of fused-ring (bicyclic) bond motifs is 10. The Hall–Kier alpha value is -6.70. The Morgan fingerprint density at radius 2 is 1.02 bits per heavy atom. The Bertz CT molecular complexity index is 3950. The van der Waals surface area contributed by atoms with E-state index in [0.717, 1.165) is 67.1 Å². The van der Waals surface area contributed by atoms with E-state index in [-0.39, 0.29) is 56.5 Å². The van der Waals surface area contributed by atoms with E-state index >= 15 is 0 Å². The van der Waals surface area contributed by atoms with Crippen LogP contribution < -0.4 is 0 Å². The van der Waals surface area contributed by atoms with Gasteiger partial charge in [-0.2, -0.15) is 0 Å². The maximum atomic E-state index is 9.61. The Kier molecular flexibility index (Phi) is 5.69. The Morgan fingerprint density at radius 3 is 1.76 bits per heavy atom. The lowest BCUT2D eigenvalue weighted by molar-refractivity contribution is 0.332. The highest BCUT2D eigenvalue weighted by atomic mass is 16.3. The average molecular weight is 765 g/mol. The van der Waals surface area contributed by atoms with Crippen LogP contribution in [-0.4, -0.2) is 0 Å². The van der Waals surface area contributed by atoms with E-state index < -0.39 is 24.2 Å². The molecule has 1 heterocycles. The molecule has 1 aliphatic rings. The first kappa shape index (κ1) is 27.1. The van der Waals surface area contributed by atoms with E-state index in [0.29, 0.717) is 33.4 Å². The Morgan fingerprint density at radius 1 is 0.407 bits per heavy atom. The minimum atomic E-state index is -0.433. The molecule has 0 saturated carbocycles. The van der Waals surface area contributed by atoms with Gasteiger partial charge in [0.15, 0.2) is 0 Å². The Balaban J connectivity index is 1.14. The largest absolute Gasteiger partial charge is 0.456 e. The second-order valence-electron chi connectivity index (χ2n) is 17.7. The summed E-state index contributed by atoms with van der Waals surface area (Å²) in [6.07, 6.45) is 2.28. The van der Waals surface area contributed by atoms with Gasteiger partial charge in [0.1, 0.15) is 11.2 Å². The summed E-state index contributed by atoms with van der Waals surface area (Å²) in [5.41, 5.74) is 8.34. The SMILES string of the molecule is [2H]c1c([2H])c([2H])c2c(-c3cccc4c3ccc3cc(-c5ccc6c(c5)C(C)(C)CCC6(C)C)ccc34)c3c([2H])c([2H])c([2H])c([2H])c3c(-c3ccc4oc5cc6ccccc6cc5c4c3)c2c1[2H]. The van der Waals surface area contributed by atoms with Crippen molar-refractivity contribution in [3.63, 3.8) is 0 Å². The van der Waals surface area contributed by atoms with Crippen molar-refractivity contribution >= 4 is 75.8 Å². The molecule has 11 aromatic rings. The molecule has 0 amide bonds. The highest BCUT2D eigenvalue weighted by Gasteiger charge is 2.37. The van der Waals surface area contributed by atoms with Crippen LogP contribution in [0.15, 0.2) is 174 Å².